The lowest BCUT2D eigenvalue weighted by Gasteiger charge is -2.10. The van der Waals surface area contributed by atoms with Gasteiger partial charge < -0.3 is 5.32 Å². The van der Waals surface area contributed by atoms with Crippen LogP contribution >= 0.6 is 0 Å². The number of nitrogens with zero attached hydrogens (tertiary/aromatic N) is 6. The highest BCUT2D eigenvalue weighted by Gasteiger charge is 2.30. The number of hydrogen-bond donors (Lipinski definition) is 1. The number of nitrogens with one attached hydrogen (secondary N) is 1. The highest BCUT2D eigenvalue weighted by molar-refractivity contribution is 5.87. The molecule has 4 rings (SSSR count). The van der Waals surface area contributed by atoms with Gasteiger partial charge in [0.05, 0.1) is 23.1 Å². The number of hydrogen-bond acceptors (Lipinski definition) is 7. The van der Waals surface area contributed by atoms with Gasteiger partial charge in [-0.2, -0.15) is 18.4 Å². The smallest absolute Gasteiger partial charge is 0.338 e. The fourth-order valence-electron chi connectivity index (χ4n) is 2.76. The molecule has 7 nitrogen and oxygen atoms in total. The van der Waals surface area contributed by atoms with Gasteiger partial charge in [0, 0.05) is 12.4 Å². The van der Waals surface area contributed by atoms with Gasteiger partial charge in [0.2, 0.25) is 0 Å². The summed E-state index contributed by atoms with van der Waals surface area (Å²) in [6.07, 6.45) is -0.691. The molecule has 0 radical (unpaired) electrons. The lowest BCUT2D eigenvalue weighted by Crippen LogP contribution is -2.06. The summed E-state index contributed by atoms with van der Waals surface area (Å²) in [6.45, 7) is 1.84. The number of anilines is 2. The van der Waals surface area contributed by atoms with Gasteiger partial charge in [-0.05, 0) is 36.8 Å². The minimum Gasteiger partial charge on any atom is -0.338 e. The standard InChI is InChI=1S/C20H12F3N7/c1-11-2-4-13(8-24)28-17(11)15-10-27-18-14(6-7-25-19(18)30-15)29-16-5-3-12(9-26-16)20(21,22)23/h2-7,9-10H,1H3,(H,25,26,29,30). The highest BCUT2D eigenvalue weighted by atomic mass is 19.4. The first-order valence-electron chi connectivity index (χ1n) is 8.65. The summed E-state index contributed by atoms with van der Waals surface area (Å²) in [5.74, 6) is 0.223. The van der Waals surface area contributed by atoms with E-state index < -0.39 is 11.7 Å². The molecule has 0 atom stereocenters. The van der Waals surface area contributed by atoms with Crippen LogP contribution < -0.4 is 5.32 Å². The van der Waals surface area contributed by atoms with Crippen LogP contribution in [0, 0.1) is 18.3 Å². The number of rotatable bonds is 3. The van der Waals surface area contributed by atoms with Crippen LogP contribution in [-0.2, 0) is 6.18 Å². The first-order valence-corrected chi connectivity index (χ1v) is 8.65. The third-order valence-electron chi connectivity index (χ3n) is 4.25. The van der Waals surface area contributed by atoms with Crippen LogP contribution in [0.5, 0.6) is 0 Å². The molecule has 0 spiro atoms. The molecule has 0 saturated carbocycles. The zero-order valence-corrected chi connectivity index (χ0v) is 15.4. The molecule has 4 heterocycles. The van der Waals surface area contributed by atoms with Crippen LogP contribution in [0.1, 0.15) is 16.8 Å². The molecule has 4 aromatic heterocycles. The minimum atomic E-state index is -4.45. The molecular weight excluding hydrogens is 395 g/mol. The number of alkyl halides is 3. The minimum absolute atomic E-state index is 0.223. The number of pyridine rings is 3. The zero-order chi connectivity index (χ0) is 21.3. The lowest BCUT2D eigenvalue weighted by atomic mass is 10.1. The van der Waals surface area contributed by atoms with Crippen LogP contribution in [0.3, 0.4) is 0 Å². The number of halogens is 3. The molecule has 0 aliphatic rings. The third-order valence-corrected chi connectivity index (χ3v) is 4.25. The highest BCUT2D eigenvalue weighted by Crippen LogP contribution is 2.30. The number of aromatic nitrogens is 5. The third kappa shape index (κ3) is 3.73. The van der Waals surface area contributed by atoms with Crippen molar-refractivity contribution in [1.29, 1.82) is 5.26 Å². The fraction of sp³-hybridized carbons (Fsp3) is 0.100. The predicted octanol–water partition coefficient (Wildman–Crippen LogP) is 4.42. The molecule has 30 heavy (non-hydrogen) atoms. The monoisotopic (exact) mass is 407 g/mol. The maximum absolute atomic E-state index is 12.7. The van der Waals surface area contributed by atoms with Crippen LogP contribution in [0.2, 0.25) is 0 Å². The fourth-order valence-corrected chi connectivity index (χ4v) is 2.76. The summed E-state index contributed by atoms with van der Waals surface area (Å²) >= 11 is 0. The van der Waals surface area contributed by atoms with E-state index in [0.29, 0.717) is 28.2 Å². The number of aryl methyl sites for hydroxylation is 1. The summed E-state index contributed by atoms with van der Waals surface area (Å²) in [7, 11) is 0. The van der Waals surface area contributed by atoms with Gasteiger partial charge in [-0.1, -0.05) is 6.07 Å². The second-order valence-electron chi connectivity index (χ2n) is 6.31. The molecule has 0 saturated heterocycles. The molecule has 4 aromatic rings. The van der Waals surface area contributed by atoms with Crippen LogP contribution in [0.4, 0.5) is 24.7 Å². The normalized spacial score (nSPS) is 11.3. The van der Waals surface area contributed by atoms with Crippen LogP contribution in [0.15, 0.2) is 48.9 Å². The topological polar surface area (TPSA) is 100 Å². The average Bonchev–Trinajstić information content (AvgIpc) is 2.74. The van der Waals surface area contributed by atoms with Crippen molar-refractivity contribution < 1.29 is 13.2 Å². The Morgan fingerprint density at radius 2 is 1.80 bits per heavy atom. The van der Waals surface area contributed by atoms with Gasteiger partial charge in [-0.3, -0.25) is 0 Å². The summed E-state index contributed by atoms with van der Waals surface area (Å²) < 4.78 is 38.1. The first-order chi connectivity index (χ1) is 14.3. The summed E-state index contributed by atoms with van der Waals surface area (Å²) in [6, 6.07) is 9.17. The van der Waals surface area contributed by atoms with E-state index in [1.54, 1.807) is 18.2 Å². The molecule has 0 aliphatic heterocycles. The Balaban J connectivity index is 1.69. The first kappa shape index (κ1) is 19.2. The summed E-state index contributed by atoms with van der Waals surface area (Å²) in [5.41, 5.74) is 2.44. The van der Waals surface area contributed by atoms with E-state index in [-0.39, 0.29) is 11.5 Å². The van der Waals surface area contributed by atoms with Crippen molar-refractivity contribution in [1.82, 2.24) is 24.9 Å². The van der Waals surface area contributed by atoms with Gasteiger partial charge in [0.25, 0.3) is 0 Å². The quantitative estimate of drug-likeness (QED) is 0.536. The van der Waals surface area contributed by atoms with E-state index in [0.717, 1.165) is 17.8 Å². The van der Waals surface area contributed by atoms with Gasteiger partial charge in [0.1, 0.15) is 28.8 Å². The van der Waals surface area contributed by atoms with E-state index in [4.69, 9.17) is 5.26 Å². The van der Waals surface area contributed by atoms with Crippen LogP contribution in [0.25, 0.3) is 22.6 Å². The van der Waals surface area contributed by atoms with Crippen molar-refractivity contribution >= 4 is 22.7 Å². The van der Waals surface area contributed by atoms with E-state index in [1.807, 2.05) is 13.0 Å². The molecular formula is C20H12F3N7. The Hall–Kier alpha value is -4.13. The molecule has 0 unspecified atom stereocenters. The van der Waals surface area contributed by atoms with Crippen molar-refractivity contribution in [2.45, 2.75) is 13.1 Å². The SMILES string of the molecule is Cc1ccc(C#N)nc1-c1cnc2c(Nc3ccc(C(F)(F)F)cn3)ccnc2n1. The Morgan fingerprint density at radius 3 is 2.50 bits per heavy atom. The molecule has 1 N–H and O–H groups in total. The largest absolute Gasteiger partial charge is 0.417 e. The van der Waals surface area contributed by atoms with Crippen molar-refractivity contribution in [2.75, 3.05) is 5.32 Å². The molecule has 0 amide bonds. The Bertz CT molecular complexity index is 1280. The summed E-state index contributed by atoms with van der Waals surface area (Å²) in [4.78, 5) is 21.2. The van der Waals surface area contributed by atoms with Gasteiger partial charge in [0.15, 0.2) is 5.65 Å². The van der Waals surface area contributed by atoms with Crippen molar-refractivity contribution in [3.8, 4) is 17.5 Å². The van der Waals surface area contributed by atoms with Crippen molar-refractivity contribution in [3.05, 3.63) is 65.7 Å². The second-order valence-corrected chi connectivity index (χ2v) is 6.31. The molecule has 148 valence electrons. The van der Waals surface area contributed by atoms with E-state index in [9.17, 15) is 13.2 Å². The number of fused-ring (bicyclic) bond motifs is 1. The van der Waals surface area contributed by atoms with Gasteiger partial charge in [-0.25, -0.2) is 24.9 Å². The molecule has 0 aliphatic carbocycles. The van der Waals surface area contributed by atoms with Crippen LogP contribution in [-0.4, -0.2) is 24.9 Å². The zero-order valence-electron chi connectivity index (χ0n) is 15.4. The van der Waals surface area contributed by atoms with E-state index in [1.165, 1.54) is 18.5 Å². The Morgan fingerprint density at radius 1 is 0.967 bits per heavy atom. The maximum atomic E-state index is 12.7. The predicted molar refractivity (Wildman–Crippen MR) is 103 cm³/mol. The number of nitriles is 1. The average molecular weight is 407 g/mol. The van der Waals surface area contributed by atoms with Crippen molar-refractivity contribution in [2.24, 2.45) is 0 Å². The molecule has 0 bridgehead atoms. The van der Waals surface area contributed by atoms with Crippen molar-refractivity contribution in [3.63, 3.8) is 0 Å². The van der Waals surface area contributed by atoms with Gasteiger partial charge >= 0.3 is 6.18 Å². The molecule has 0 aromatic carbocycles. The maximum Gasteiger partial charge on any atom is 0.417 e. The molecule has 0 fully saturated rings. The van der Waals surface area contributed by atoms with E-state index >= 15 is 0 Å². The Kier molecular flexibility index (Phi) is 4.71. The Labute approximate surface area is 168 Å². The van der Waals surface area contributed by atoms with E-state index in [2.05, 4.69) is 30.2 Å². The van der Waals surface area contributed by atoms with Gasteiger partial charge in [-0.15, -0.1) is 0 Å². The second kappa shape index (κ2) is 7.36. The molecule has 10 heteroatoms. The lowest BCUT2D eigenvalue weighted by molar-refractivity contribution is -0.137. The summed E-state index contributed by atoms with van der Waals surface area (Å²) in [5, 5.41) is 12.0.